The molecule has 1 aliphatic heterocycles. The van der Waals surface area contributed by atoms with Crippen LogP contribution in [-0.2, 0) is 4.79 Å². The normalized spacial score (nSPS) is 16.1. The second-order valence-electron chi connectivity index (χ2n) is 6.02. The highest BCUT2D eigenvalue weighted by molar-refractivity contribution is 6.42. The summed E-state index contributed by atoms with van der Waals surface area (Å²) in [7, 11) is 0. The van der Waals surface area contributed by atoms with Crippen molar-refractivity contribution in [3.05, 3.63) is 80.1 Å². The number of hydrogen-bond acceptors (Lipinski definition) is 3. The van der Waals surface area contributed by atoms with E-state index >= 15 is 0 Å². The van der Waals surface area contributed by atoms with Gasteiger partial charge in [0.1, 0.15) is 11.6 Å². The second-order valence-corrected chi connectivity index (χ2v) is 6.84. The second kappa shape index (κ2) is 6.59. The number of carbonyl (C=O) groups is 1. The molecule has 1 aliphatic rings. The summed E-state index contributed by atoms with van der Waals surface area (Å²) in [5.41, 5.74) is 1.64. The first-order valence-electron chi connectivity index (χ1n) is 7.97. The lowest BCUT2D eigenvalue weighted by Crippen LogP contribution is -2.31. The minimum Gasteiger partial charge on any atom is -0.310 e. The van der Waals surface area contributed by atoms with Gasteiger partial charge in [0.2, 0.25) is 5.91 Å². The van der Waals surface area contributed by atoms with Gasteiger partial charge in [0.15, 0.2) is 0 Å². The maximum Gasteiger partial charge on any atom is 0.257 e. The molecule has 0 spiro atoms. The zero-order valence-corrected chi connectivity index (χ0v) is 14.9. The van der Waals surface area contributed by atoms with Gasteiger partial charge in [0, 0.05) is 17.9 Å². The summed E-state index contributed by atoms with van der Waals surface area (Å²) in [6.45, 7) is 0. The average molecular weight is 386 g/mol. The van der Waals surface area contributed by atoms with Crippen molar-refractivity contribution in [1.82, 2.24) is 9.97 Å². The van der Waals surface area contributed by atoms with Gasteiger partial charge in [-0.15, -0.1) is 0 Å². The molecule has 0 radical (unpaired) electrons. The Morgan fingerprint density at radius 3 is 2.50 bits per heavy atom. The van der Waals surface area contributed by atoms with Gasteiger partial charge in [-0.1, -0.05) is 59.6 Å². The third-order valence-corrected chi connectivity index (χ3v) is 5.08. The fourth-order valence-corrected chi connectivity index (χ4v) is 3.42. The predicted octanol–water partition coefficient (Wildman–Crippen LogP) is 4.22. The maximum atomic E-state index is 12.8. The number of fused-ring (bicyclic) bond motifs is 1. The van der Waals surface area contributed by atoms with E-state index in [1.54, 1.807) is 18.2 Å². The first-order valence-corrected chi connectivity index (χ1v) is 8.73. The van der Waals surface area contributed by atoms with Crippen molar-refractivity contribution in [2.75, 3.05) is 5.32 Å². The van der Waals surface area contributed by atoms with Gasteiger partial charge < -0.3 is 10.3 Å². The topological polar surface area (TPSA) is 74.8 Å². The number of halogens is 2. The molecular weight excluding hydrogens is 373 g/mol. The molecule has 3 aromatic rings. The Morgan fingerprint density at radius 1 is 1.00 bits per heavy atom. The molecule has 5 nitrogen and oxygen atoms in total. The molecule has 7 heteroatoms. The van der Waals surface area contributed by atoms with Crippen LogP contribution in [0.15, 0.2) is 53.3 Å². The van der Waals surface area contributed by atoms with Crippen LogP contribution >= 0.6 is 23.2 Å². The molecule has 130 valence electrons. The third kappa shape index (κ3) is 3.00. The lowest BCUT2D eigenvalue weighted by atomic mass is 9.87. The highest BCUT2D eigenvalue weighted by atomic mass is 35.5. The fraction of sp³-hybridized carbons (Fsp3) is 0.105. The van der Waals surface area contributed by atoms with Crippen molar-refractivity contribution in [3.8, 4) is 11.4 Å². The molecule has 26 heavy (non-hydrogen) atoms. The van der Waals surface area contributed by atoms with E-state index in [9.17, 15) is 9.59 Å². The van der Waals surface area contributed by atoms with Crippen LogP contribution in [-0.4, -0.2) is 15.9 Å². The molecule has 0 bridgehead atoms. The van der Waals surface area contributed by atoms with Crippen LogP contribution in [0.3, 0.4) is 0 Å². The van der Waals surface area contributed by atoms with Gasteiger partial charge in [0.05, 0.1) is 15.6 Å². The lowest BCUT2D eigenvalue weighted by Gasteiger charge is -2.24. The lowest BCUT2D eigenvalue weighted by molar-refractivity contribution is -0.116. The van der Waals surface area contributed by atoms with E-state index in [0.717, 1.165) is 11.1 Å². The Balaban J connectivity index is 1.86. The zero-order valence-electron chi connectivity index (χ0n) is 13.4. The number of aromatic nitrogens is 2. The third-order valence-electron chi connectivity index (χ3n) is 4.34. The molecule has 0 saturated heterocycles. The molecule has 0 aliphatic carbocycles. The first kappa shape index (κ1) is 16.8. The van der Waals surface area contributed by atoms with Crippen LogP contribution < -0.4 is 10.9 Å². The van der Waals surface area contributed by atoms with Crippen LogP contribution in [0, 0.1) is 0 Å². The molecule has 2 heterocycles. The summed E-state index contributed by atoms with van der Waals surface area (Å²) in [6.07, 6.45) is 0.139. The molecule has 0 saturated carbocycles. The molecular formula is C19H13Cl2N3O2. The SMILES string of the molecule is O=C1C[C@H](c2ccc(Cl)c(Cl)c2)c2c(nc(-c3ccccc3)[nH]c2=O)N1. The van der Waals surface area contributed by atoms with Crippen molar-refractivity contribution in [2.24, 2.45) is 0 Å². The van der Waals surface area contributed by atoms with Crippen LogP contribution in [0.1, 0.15) is 23.5 Å². The fourth-order valence-electron chi connectivity index (χ4n) is 3.12. The van der Waals surface area contributed by atoms with Crippen LogP contribution in [0.4, 0.5) is 5.82 Å². The highest BCUT2D eigenvalue weighted by Gasteiger charge is 2.31. The molecule has 1 amide bonds. The quantitative estimate of drug-likeness (QED) is 0.693. The summed E-state index contributed by atoms with van der Waals surface area (Å²) in [6, 6.07) is 14.4. The van der Waals surface area contributed by atoms with Crippen LogP contribution in [0.25, 0.3) is 11.4 Å². The van der Waals surface area contributed by atoms with Gasteiger partial charge in [-0.25, -0.2) is 4.98 Å². The minimum absolute atomic E-state index is 0.139. The van der Waals surface area contributed by atoms with Gasteiger partial charge >= 0.3 is 0 Å². The van der Waals surface area contributed by atoms with Crippen molar-refractivity contribution in [3.63, 3.8) is 0 Å². The van der Waals surface area contributed by atoms with Crippen LogP contribution in [0.5, 0.6) is 0 Å². The van der Waals surface area contributed by atoms with E-state index in [4.69, 9.17) is 23.2 Å². The number of anilines is 1. The Hall–Kier alpha value is -2.63. The van der Waals surface area contributed by atoms with Crippen molar-refractivity contribution in [1.29, 1.82) is 0 Å². The van der Waals surface area contributed by atoms with E-state index in [2.05, 4.69) is 15.3 Å². The number of nitrogens with one attached hydrogen (secondary N) is 2. The number of carbonyl (C=O) groups excluding carboxylic acids is 1. The summed E-state index contributed by atoms with van der Waals surface area (Å²) >= 11 is 12.1. The molecule has 1 atom stereocenters. The van der Waals surface area contributed by atoms with Gasteiger partial charge in [-0.05, 0) is 17.7 Å². The van der Waals surface area contributed by atoms with E-state index in [0.29, 0.717) is 21.4 Å². The number of nitrogens with zero attached hydrogens (tertiary/aromatic N) is 1. The number of benzene rings is 2. The molecule has 2 aromatic carbocycles. The van der Waals surface area contributed by atoms with Crippen LogP contribution in [0.2, 0.25) is 10.0 Å². The summed E-state index contributed by atoms with van der Waals surface area (Å²) in [4.78, 5) is 32.3. The molecule has 0 unspecified atom stereocenters. The molecule has 2 N–H and O–H groups in total. The average Bonchev–Trinajstić information content (AvgIpc) is 2.63. The monoisotopic (exact) mass is 385 g/mol. The maximum absolute atomic E-state index is 12.8. The Morgan fingerprint density at radius 2 is 1.77 bits per heavy atom. The van der Waals surface area contributed by atoms with E-state index in [1.807, 2.05) is 30.3 Å². The number of amides is 1. The van der Waals surface area contributed by atoms with Crippen molar-refractivity contribution >= 4 is 34.9 Å². The Labute approximate surface area is 159 Å². The van der Waals surface area contributed by atoms with Crippen molar-refractivity contribution < 1.29 is 4.79 Å². The Bertz CT molecular complexity index is 1060. The highest BCUT2D eigenvalue weighted by Crippen LogP contribution is 2.36. The standard InChI is InChI=1S/C19H13Cl2N3O2/c20-13-7-6-11(8-14(13)21)12-9-15(25)22-18-16(12)19(26)24-17(23-18)10-4-2-1-3-5-10/h1-8,12H,9H2,(H2,22,23,24,25,26)/t12-/m1/s1. The summed E-state index contributed by atoms with van der Waals surface area (Å²) in [5.74, 6) is 0.0460. The van der Waals surface area contributed by atoms with E-state index < -0.39 is 5.92 Å². The van der Waals surface area contributed by atoms with Gasteiger partial charge in [0.25, 0.3) is 5.56 Å². The number of H-pyrrole nitrogens is 1. The van der Waals surface area contributed by atoms with Gasteiger partial charge in [-0.3, -0.25) is 9.59 Å². The largest absolute Gasteiger partial charge is 0.310 e. The molecule has 4 rings (SSSR count). The molecule has 0 fully saturated rings. The number of aromatic amines is 1. The zero-order chi connectivity index (χ0) is 18.3. The summed E-state index contributed by atoms with van der Waals surface area (Å²) in [5, 5.41) is 3.50. The van der Waals surface area contributed by atoms with Crippen molar-refractivity contribution in [2.45, 2.75) is 12.3 Å². The molecule has 1 aromatic heterocycles. The van der Waals surface area contributed by atoms with Gasteiger partial charge in [-0.2, -0.15) is 0 Å². The van der Waals surface area contributed by atoms with E-state index in [-0.39, 0.29) is 23.7 Å². The minimum atomic E-state index is -0.436. The predicted molar refractivity (Wildman–Crippen MR) is 102 cm³/mol. The van der Waals surface area contributed by atoms with E-state index in [1.165, 1.54) is 0 Å². The smallest absolute Gasteiger partial charge is 0.257 e. The number of hydrogen-bond donors (Lipinski definition) is 2. The summed E-state index contributed by atoms with van der Waals surface area (Å²) < 4.78 is 0. The Kier molecular flexibility index (Phi) is 4.26. The number of rotatable bonds is 2. The first-order chi connectivity index (χ1) is 12.5.